The molecule has 0 atom stereocenters. The summed E-state index contributed by atoms with van der Waals surface area (Å²) in [5.41, 5.74) is 9.01. The molecule has 29 heavy (non-hydrogen) atoms. The maximum Gasteiger partial charge on any atom is 0.294 e. The average molecular weight is 405 g/mol. The number of benzene rings is 2. The zero-order chi connectivity index (χ0) is 20.7. The Morgan fingerprint density at radius 1 is 1.10 bits per heavy atom. The van der Waals surface area contributed by atoms with Gasteiger partial charge in [0.2, 0.25) is 5.91 Å². The number of hydrogen-bond acceptors (Lipinski definition) is 4. The maximum absolute atomic E-state index is 12.5. The molecule has 0 saturated carbocycles. The van der Waals surface area contributed by atoms with Crippen molar-refractivity contribution < 1.29 is 14.4 Å². The Bertz CT molecular complexity index is 1200. The average Bonchev–Trinajstić information content (AvgIpc) is 3.11. The lowest BCUT2D eigenvalue weighted by atomic mass is 10.1. The number of nitrogens with two attached hydrogens (primary N) is 1. The maximum atomic E-state index is 12.5. The lowest BCUT2D eigenvalue weighted by Crippen LogP contribution is -2.36. The Balaban J connectivity index is 1.77. The Hall–Kier alpha value is -3.32. The summed E-state index contributed by atoms with van der Waals surface area (Å²) in [6, 6.07) is 16.3. The molecule has 1 aromatic heterocycles. The number of amides is 3. The highest BCUT2D eigenvalue weighted by atomic mass is 32.2. The summed E-state index contributed by atoms with van der Waals surface area (Å²) in [7, 11) is 0. The van der Waals surface area contributed by atoms with Crippen LogP contribution in [0, 0.1) is 13.8 Å². The van der Waals surface area contributed by atoms with E-state index in [2.05, 4.69) is 28.8 Å². The number of primary amides is 1. The minimum atomic E-state index is -0.720. The van der Waals surface area contributed by atoms with Gasteiger partial charge in [-0.2, -0.15) is 0 Å². The van der Waals surface area contributed by atoms with Crippen LogP contribution in [0.25, 0.3) is 22.5 Å². The molecule has 1 aliphatic rings. The van der Waals surface area contributed by atoms with Crippen LogP contribution in [-0.2, 0) is 9.59 Å². The number of carbonyl (C=O) groups is 3. The van der Waals surface area contributed by atoms with Crippen molar-refractivity contribution in [1.29, 1.82) is 0 Å². The van der Waals surface area contributed by atoms with Gasteiger partial charge in [-0.1, -0.05) is 36.4 Å². The highest BCUT2D eigenvalue weighted by Gasteiger charge is 2.36. The van der Waals surface area contributed by atoms with Crippen LogP contribution in [0.1, 0.15) is 17.0 Å². The Labute approximate surface area is 172 Å². The van der Waals surface area contributed by atoms with Gasteiger partial charge in [-0.05, 0) is 54.8 Å². The molecule has 2 N–H and O–H groups in total. The number of rotatable bonds is 4. The molecule has 0 radical (unpaired) electrons. The van der Waals surface area contributed by atoms with Gasteiger partial charge >= 0.3 is 0 Å². The third-order valence-corrected chi connectivity index (χ3v) is 5.86. The van der Waals surface area contributed by atoms with Crippen LogP contribution in [0.2, 0.25) is 0 Å². The third kappa shape index (κ3) is 3.34. The molecule has 1 aliphatic heterocycles. The molecule has 3 amide bonds. The lowest BCUT2D eigenvalue weighted by Gasteiger charge is -2.13. The van der Waals surface area contributed by atoms with Crippen molar-refractivity contribution >= 4 is 45.7 Å². The van der Waals surface area contributed by atoms with Crippen molar-refractivity contribution in [3.8, 4) is 5.69 Å². The number of fused-ring (bicyclic) bond motifs is 1. The summed E-state index contributed by atoms with van der Waals surface area (Å²) in [6.07, 6.45) is 1.70. The van der Waals surface area contributed by atoms with Gasteiger partial charge in [0.05, 0.1) is 10.6 Å². The van der Waals surface area contributed by atoms with Crippen LogP contribution in [0.5, 0.6) is 0 Å². The predicted molar refractivity (Wildman–Crippen MR) is 115 cm³/mol. The number of thioether (sulfide) groups is 1. The smallest absolute Gasteiger partial charge is 0.294 e. The Morgan fingerprint density at radius 2 is 1.83 bits per heavy atom. The van der Waals surface area contributed by atoms with E-state index in [1.807, 2.05) is 38.1 Å². The van der Waals surface area contributed by atoms with E-state index >= 15 is 0 Å². The largest absolute Gasteiger partial charge is 0.368 e. The molecule has 1 fully saturated rings. The van der Waals surface area contributed by atoms with Gasteiger partial charge in [0.1, 0.15) is 6.54 Å². The highest BCUT2D eigenvalue weighted by molar-refractivity contribution is 8.18. The van der Waals surface area contributed by atoms with Crippen LogP contribution in [-0.4, -0.2) is 33.1 Å². The van der Waals surface area contributed by atoms with E-state index in [1.54, 1.807) is 6.08 Å². The summed E-state index contributed by atoms with van der Waals surface area (Å²) in [4.78, 5) is 36.9. The fraction of sp³-hybridized carbons (Fsp3) is 0.136. The number of aromatic nitrogens is 1. The van der Waals surface area contributed by atoms with E-state index in [9.17, 15) is 14.4 Å². The molecule has 0 aliphatic carbocycles. The summed E-state index contributed by atoms with van der Waals surface area (Å²) < 4.78 is 2.14. The number of carbonyl (C=O) groups excluding carboxylic acids is 3. The van der Waals surface area contributed by atoms with Crippen molar-refractivity contribution in [2.45, 2.75) is 13.8 Å². The van der Waals surface area contributed by atoms with Crippen molar-refractivity contribution in [3.05, 3.63) is 70.4 Å². The van der Waals surface area contributed by atoms with E-state index < -0.39 is 23.6 Å². The first kappa shape index (κ1) is 19.0. The van der Waals surface area contributed by atoms with Crippen LogP contribution in [0.15, 0.2) is 53.4 Å². The second-order valence-corrected chi connectivity index (χ2v) is 7.89. The van der Waals surface area contributed by atoms with Crippen LogP contribution in [0.3, 0.4) is 0 Å². The van der Waals surface area contributed by atoms with Gasteiger partial charge in [-0.15, -0.1) is 0 Å². The van der Waals surface area contributed by atoms with Gasteiger partial charge in [0.15, 0.2) is 0 Å². The van der Waals surface area contributed by atoms with Crippen molar-refractivity contribution in [2.24, 2.45) is 5.73 Å². The molecule has 2 heterocycles. The van der Waals surface area contributed by atoms with Crippen LogP contribution in [0.4, 0.5) is 4.79 Å². The third-order valence-electron chi connectivity index (χ3n) is 4.95. The molecule has 1 saturated heterocycles. The SMILES string of the molecule is Cc1cc(/C=C2\SC(=O)N(CC(N)=O)C2=O)c(C)n1-c1cccc2ccccc12. The zero-order valence-corrected chi connectivity index (χ0v) is 16.8. The number of hydrogen-bond donors (Lipinski definition) is 1. The molecule has 7 heteroatoms. The number of imide groups is 1. The molecule has 0 unspecified atom stereocenters. The molecule has 6 nitrogen and oxygen atoms in total. The van der Waals surface area contributed by atoms with Gasteiger partial charge in [-0.3, -0.25) is 19.3 Å². The van der Waals surface area contributed by atoms with Crippen molar-refractivity contribution in [3.63, 3.8) is 0 Å². The summed E-state index contributed by atoms with van der Waals surface area (Å²) in [6.45, 7) is 3.58. The molecule has 146 valence electrons. The monoisotopic (exact) mass is 405 g/mol. The molecule has 2 aromatic carbocycles. The lowest BCUT2D eigenvalue weighted by molar-refractivity contribution is -0.127. The van der Waals surface area contributed by atoms with Gasteiger partial charge < -0.3 is 10.3 Å². The quantitative estimate of drug-likeness (QED) is 0.670. The second kappa shape index (κ2) is 7.25. The second-order valence-electron chi connectivity index (χ2n) is 6.89. The van der Waals surface area contributed by atoms with E-state index in [-0.39, 0.29) is 4.91 Å². The normalized spacial score (nSPS) is 15.7. The minimum Gasteiger partial charge on any atom is -0.368 e. The first-order valence-electron chi connectivity index (χ1n) is 9.07. The fourth-order valence-electron chi connectivity index (χ4n) is 3.64. The van der Waals surface area contributed by atoms with Crippen molar-refractivity contribution in [1.82, 2.24) is 9.47 Å². The van der Waals surface area contributed by atoms with E-state index in [0.717, 1.165) is 50.1 Å². The van der Waals surface area contributed by atoms with Crippen LogP contribution >= 0.6 is 11.8 Å². The van der Waals surface area contributed by atoms with E-state index in [4.69, 9.17) is 5.73 Å². The fourth-order valence-corrected chi connectivity index (χ4v) is 4.47. The molecular weight excluding hydrogens is 386 g/mol. The first-order chi connectivity index (χ1) is 13.9. The van der Waals surface area contributed by atoms with Crippen molar-refractivity contribution in [2.75, 3.05) is 6.54 Å². The predicted octanol–water partition coefficient (Wildman–Crippen LogP) is 3.77. The molecule has 0 bridgehead atoms. The van der Waals surface area contributed by atoms with E-state index in [1.165, 1.54) is 0 Å². The molecular formula is C22H19N3O3S. The summed E-state index contributed by atoms with van der Waals surface area (Å²) >= 11 is 0.822. The molecule has 3 aromatic rings. The first-order valence-corrected chi connectivity index (χ1v) is 9.89. The summed E-state index contributed by atoms with van der Waals surface area (Å²) in [5, 5.41) is 1.79. The Kier molecular flexibility index (Phi) is 4.76. The number of nitrogens with zero attached hydrogens (tertiary/aromatic N) is 2. The minimum absolute atomic E-state index is 0.286. The zero-order valence-electron chi connectivity index (χ0n) is 16.0. The van der Waals surface area contributed by atoms with E-state index in [0.29, 0.717) is 0 Å². The standard InChI is InChI=1S/C22H19N3O3S/c1-13-10-16(11-19-21(27)24(12-20(23)26)22(28)29-19)14(2)25(13)18-9-5-7-15-6-3-4-8-17(15)18/h3-11H,12H2,1-2H3,(H2,23,26)/b19-11-. The topological polar surface area (TPSA) is 85.4 Å². The molecule has 4 rings (SSSR count). The Morgan fingerprint density at radius 3 is 2.59 bits per heavy atom. The van der Waals surface area contributed by atoms with Crippen LogP contribution < -0.4 is 5.73 Å². The number of aryl methyl sites for hydroxylation is 1. The van der Waals surface area contributed by atoms with Gasteiger partial charge in [0, 0.05) is 16.8 Å². The summed E-state index contributed by atoms with van der Waals surface area (Å²) in [5.74, 6) is -1.21. The van der Waals surface area contributed by atoms with Gasteiger partial charge in [-0.25, -0.2) is 0 Å². The van der Waals surface area contributed by atoms with Gasteiger partial charge in [0.25, 0.3) is 11.1 Å². The molecule has 0 spiro atoms. The highest BCUT2D eigenvalue weighted by Crippen LogP contribution is 2.34.